The number of ether oxygens (including phenoxy) is 1. The summed E-state index contributed by atoms with van der Waals surface area (Å²) in [6.07, 6.45) is 2.30. The highest BCUT2D eigenvalue weighted by Gasteiger charge is 2.25. The zero-order valence-electron chi connectivity index (χ0n) is 16.3. The van der Waals surface area contributed by atoms with Gasteiger partial charge in [-0.25, -0.2) is 8.42 Å². The van der Waals surface area contributed by atoms with Crippen LogP contribution in [0.25, 0.3) is 0 Å². The van der Waals surface area contributed by atoms with Gasteiger partial charge in [-0.2, -0.15) is 16.5 Å². The minimum atomic E-state index is -3.84. The number of aryl methyl sites for hydroxylation is 1. The first kappa shape index (κ1) is 22.3. The molecule has 2 aromatic rings. The number of carbonyl (C=O) groups is 1. The van der Waals surface area contributed by atoms with Crippen molar-refractivity contribution in [1.82, 2.24) is 4.72 Å². The quantitative estimate of drug-likeness (QED) is 0.613. The maximum Gasteiger partial charge on any atom is 0.242 e. The van der Waals surface area contributed by atoms with Crippen LogP contribution in [0.1, 0.15) is 18.9 Å². The molecule has 2 aromatic carbocycles. The van der Waals surface area contributed by atoms with Gasteiger partial charge >= 0.3 is 0 Å². The molecule has 6 nitrogen and oxygen atoms in total. The predicted molar refractivity (Wildman–Crippen MR) is 115 cm³/mol. The Morgan fingerprint density at radius 3 is 2.50 bits per heavy atom. The maximum absolute atomic E-state index is 12.7. The van der Waals surface area contributed by atoms with E-state index in [0.717, 1.165) is 5.56 Å². The largest absolute Gasteiger partial charge is 0.494 e. The number of nitrogens with one attached hydrogen (secondary N) is 2. The minimum Gasteiger partial charge on any atom is -0.494 e. The molecule has 0 radical (unpaired) electrons. The van der Waals surface area contributed by atoms with E-state index in [2.05, 4.69) is 10.0 Å². The average Bonchev–Trinajstić information content (AvgIpc) is 2.66. The molecular weight excluding hydrogens is 396 g/mol. The fourth-order valence-electron chi connectivity index (χ4n) is 2.57. The zero-order chi connectivity index (χ0) is 20.6. The topological polar surface area (TPSA) is 84.5 Å². The molecule has 2 rings (SSSR count). The van der Waals surface area contributed by atoms with Crippen LogP contribution in [0.3, 0.4) is 0 Å². The summed E-state index contributed by atoms with van der Waals surface area (Å²) in [4.78, 5) is 12.8. The van der Waals surface area contributed by atoms with Gasteiger partial charge in [-0.15, -0.1) is 0 Å². The molecular formula is C20H26N2O4S2. The van der Waals surface area contributed by atoms with E-state index in [1.807, 2.05) is 38.3 Å². The fourth-order valence-corrected chi connectivity index (χ4v) is 4.27. The van der Waals surface area contributed by atoms with Crippen LogP contribution < -0.4 is 14.8 Å². The Bertz CT molecular complexity index is 883. The van der Waals surface area contributed by atoms with Crippen molar-refractivity contribution in [3.05, 3.63) is 54.1 Å². The van der Waals surface area contributed by atoms with Crippen LogP contribution >= 0.6 is 11.8 Å². The van der Waals surface area contributed by atoms with Gasteiger partial charge in [0.15, 0.2) is 0 Å². The zero-order valence-corrected chi connectivity index (χ0v) is 17.9. The molecule has 0 unspecified atom stereocenters. The van der Waals surface area contributed by atoms with Crippen LogP contribution in [0.2, 0.25) is 0 Å². The lowest BCUT2D eigenvalue weighted by Crippen LogP contribution is -2.44. The summed E-state index contributed by atoms with van der Waals surface area (Å²) in [5, 5.41) is 2.80. The van der Waals surface area contributed by atoms with Gasteiger partial charge in [-0.1, -0.05) is 12.1 Å². The third-order valence-corrected chi connectivity index (χ3v) is 6.09. The molecule has 1 amide bonds. The number of hydrogen-bond acceptors (Lipinski definition) is 5. The molecule has 1 atom stereocenters. The number of thioether (sulfide) groups is 1. The van der Waals surface area contributed by atoms with Crippen molar-refractivity contribution in [3.8, 4) is 5.75 Å². The van der Waals surface area contributed by atoms with E-state index in [1.165, 1.54) is 12.1 Å². The number of carbonyl (C=O) groups excluding carboxylic acids is 1. The summed E-state index contributed by atoms with van der Waals surface area (Å²) >= 11 is 1.55. The van der Waals surface area contributed by atoms with Crippen molar-refractivity contribution in [1.29, 1.82) is 0 Å². The minimum absolute atomic E-state index is 0.0912. The van der Waals surface area contributed by atoms with Crippen LogP contribution in [-0.4, -0.2) is 39.0 Å². The van der Waals surface area contributed by atoms with Gasteiger partial charge < -0.3 is 10.1 Å². The first-order valence-electron chi connectivity index (χ1n) is 8.97. The molecule has 0 saturated carbocycles. The molecule has 152 valence electrons. The Morgan fingerprint density at radius 1 is 1.18 bits per heavy atom. The number of rotatable bonds is 10. The summed E-state index contributed by atoms with van der Waals surface area (Å²) in [6, 6.07) is 12.6. The highest BCUT2D eigenvalue weighted by molar-refractivity contribution is 7.98. The van der Waals surface area contributed by atoms with Crippen molar-refractivity contribution in [2.45, 2.75) is 31.2 Å². The van der Waals surface area contributed by atoms with Gasteiger partial charge in [0.25, 0.3) is 0 Å². The second kappa shape index (κ2) is 10.5. The Labute approximate surface area is 171 Å². The lowest BCUT2D eigenvalue weighted by molar-refractivity contribution is -0.117. The van der Waals surface area contributed by atoms with E-state index in [9.17, 15) is 13.2 Å². The van der Waals surface area contributed by atoms with Crippen LogP contribution in [0, 0.1) is 6.92 Å². The van der Waals surface area contributed by atoms with Crippen molar-refractivity contribution in [2.75, 3.05) is 23.9 Å². The summed E-state index contributed by atoms with van der Waals surface area (Å²) in [7, 11) is -3.84. The fraction of sp³-hybridized carbons (Fsp3) is 0.350. The van der Waals surface area contributed by atoms with Crippen LogP contribution in [0.5, 0.6) is 5.75 Å². The monoisotopic (exact) mass is 422 g/mol. The second-order valence-electron chi connectivity index (χ2n) is 6.22. The first-order chi connectivity index (χ1) is 13.4. The van der Waals surface area contributed by atoms with Gasteiger partial charge in [0.2, 0.25) is 15.9 Å². The Hall–Kier alpha value is -2.03. The number of hydrogen-bond donors (Lipinski definition) is 2. The van der Waals surface area contributed by atoms with Gasteiger partial charge in [0, 0.05) is 5.69 Å². The summed E-state index contributed by atoms with van der Waals surface area (Å²) in [6.45, 7) is 4.28. The number of amides is 1. The van der Waals surface area contributed by atoms with Gasteiger partial charge in [-0.3, -0.25) is 4.79 Å². The average molecular weight is 423 g/mol. The number of benzene rings is 2. The lowest BCUT2D eigenvalue weighted by atomic mass is 10.2. The summed E-state index contributed by atoms with van der Waals surface area (Å²) in [5.74, 6) is 0.865. The molecule has 0 heterocycles. The van der Waals surface area contributed by atoms with Crippen LogP contribution in [-0.2, 0) is 14.8 Å². The summed E-state index contributed by atoms with van der Waals surface area (Å²) in [5.41, 5.74) is 1.65. The van der Waals surface area contributed by atoms with Crippen molar-refractivity contribution in [2.24, 2.45) is 0 Å². The van der Waals surface area contributed by atoms with E-state index in [-0.39, 0.29) is 10.8 Å². The van der Waals surface area contributed by atoms with Crippen LogP contribution in [0.4, 0.5) is 5.69 Å². The predicted octanol–water partition coefficient (Wildman–Crippen LogP) is 3.43. The van der Waals surface area contributed by atoms with Crippen LogP contribution in [0.15, 0.2) is 53.4 Å². The number of anilines is 1. The Morgan fingerprint density at radius 2 is 1.89 bits per heavy atom. The molecule has 0 saturated heterocycles. The SMILES string of the molecule is CCOc1ccc(S(=O)(=O)N[C@@H](CCSC)C(=O)Nc2cccc(C)c2)cc1. The molecule has 28 heavy (non-hydrogen) atoms. The van der Waals surface area contributed by atoms with E-state index >= 15 is 0 Å². The standard InChI is InChI=1S/C20H26N2O4S2/c1-4-26-17-8-10-18(11-9-17)28(24,25)22-19(12-13-27-3)20(23)21-16-7-5-6-15(2)14-16/h5-11,14,19,22H,4,12-13H2,1-3H3,(H,21,23)/t19-/m0/s1. The van der Waals surface area contributed by atoms with Gasteiger partial charge in [0.05, 0.1) is 11.5 Å². The molecule has 0 aliphatic rings. The highest BCUT2D eigenvalue weighted by atomic mass is 32.2. The second-order valence-corrected chi connectivity index (χ2v) is 8.92. The van der Waals surface area contributed by atoms with E-state index < -0.39 is 16.1 Å². The normalized spacial score (nSPS) is 12.4. The molecule has 8 heteroatoms. The third kappa shape index (κ3) is 6.54. The van der Waals surface area contributed by atoms with E-state index in [4.69, 9.17) is 4.74 Å². The van der Waals surface area contributed by atoms with E-state index in [1.54, 1.807) is 30.0 Å². The molecule has 0 fully saturated rings. The molecule has 0 aromatic heterocycles. The van der Waals surface area contributed by atoms with Crippen molar-refractivity contribution in [3.63, 3.8) is 0 Å². The third-order valence-electron chi connectivity index (χ3n) is 3.96. The first-order valence-corrected chi connectivity index (χ1v) is 11.8. The summed E-state index contributed by atoms with van der Waals surface area (Å²) < 4.78 is 33.4. The Kier molecular flexibility index (Phi) is 8.35. The molecule has 0 aliphatic heterocycles. The molecule has 0 aliphatic carbocycles. The lowest BCUT2D eigenvalue weighted by Gasteiger charge is -2.18. The van der Waals surface area contributed by atoms with Gasteiger partial charge in [-0.05, 0) is 74.2 Å². The smallest absolute Gasteiger partial charge is 0.242 e. The van der Waals surface area contributed by atoms with Crippen molar-refractivity contribution < 1.29 is 17.9 Å². The maximum atomic E-state index is 12.7. The molecule has 0 bridgehead atoms. The van der Waals surface area contributed by atoms with E-state index in [0.29, 0.717) is 30.2 Å². The van der Waals surface area contributed by atoms with Crippen molar-refractivity contribution >= 4 is 33.4 Å². The molecule has 0 spiro atoms. The Balaban J connectivity index is 2.15. The molecule has 2 N–H and O–H groups in total. The number of sulfonamides is 1. The highest BCUT2D eigenvalue weighted by Crippen LogP contribution is 2.17. The van der Waals surface area contributed by atoms with Gasteiger partial charge in [0.1, 0.15) is 11.8 Å².